The number of hydrogen-bond donors (Lipinski definition) is 1. The molecule has 3 nitrogen and oxygen atoms in total. The third kappa shape index (κ3) is 2.05. The molecule has 1 atom stereocenters. The van der Waals surface area contributed by atoms with Crippen molar-refractivity contribution in [1.29, 1.82) is 0 Å². The number of halogens is 1. The van der Waals surface area contributed by atoms with Gasteiger partial charge in [-0.1, -0.05) is 11.6 Å². The first kappa shape index (κ1) is 11.8. The zero-order chi connectivity index (χ0) is 11.7. The molecule has 1 N–H and O–H groups in total. The lowest BCUT2D eigenvalue weighted by atomic mass is 10.0. The van der Waals surface area contributed by atoms with Crippen LogP contribution in [0.25, 0.3) is 0 Å². The zero-order valence-corrected chi connectivity index (χ0v) is 10.3. The molecule has 0 saturated carbocycles. The van der Waals surface area contributed by atoms with E-state index in [1.54, 1.807) is 23.9 Å². The second kappa shape index (κ2) is 4.65. The molecule has 16 heavy (non-hydrogen) atoms. The Labute approximate surface area is 103 Å². The third-order valence-corrected chi connectivity index (χ3v) is 3.93. The molecule has 2 rings (SSSR count). The van der Waals surface area contributed by atoms with Gasteiger partial charge in [0.15, 0.2) is 0 Å². The molecular formula is C11H11ClO3S. The van der Waals surface area contributed by atoms with E-state index in [1.165, 1.54) is 7.11 Å². The lowest BCUT2D eigenvalue weighted by Gasteiger charge is -2.21. The lowest BCUT2D eigenvalue weighted by molar-refractivity contribution is 0.0600. The predicted molar refractivity (Wildman–Crippen MR) is 63.1 cm³/mol. The van der Waals surface area contributed by atoms with Crippen LogP contribution in [0.3, 0.4) is 0 Å². The predicted octanol–water partition coefficient (Wildman–Crippen LogP) is 2.66. The summed E-state index contributed by atoms with van der Waals surface area (Å²) in [5.74, 6) is 0.393. The maximum Gasteiger partial charge on any atom is 0.339 e. The van der Waals surface area contributed by atoms with Crippen LogP contribution in [0.2, 0.25) is 5.02 Å². The van der Waals surface area contributed by atoms with Crippen LogP contribution in [0.4, 0.5) is 0 Å². The van der Waals surface area contributed by atoms with E-state index < -0.39 is 12.1 Å². The standard InChI is InChI=1S/C11H11ClO3S/c1-15-11(14)6-5-10-7(4-8(6)12)9(13)2-3-16-10/h4-5,9,13H,2-3H2,1H3. The van der Waals surface area contributed by atoms with Gasteiger partial charge in [-0.05, 0) is 24.1 Å². The van der Waals surface area contributed by atoms with Gasteiger partial charge in [0.1, 0.15) is 0 Å². The molecule has 5 heteroatoms. The third-order valence-electron chi connectivity index (χ3n) is 2.51. The zero-order valence-electron chi connectivity index (χ0n) is 8.70. The van der Waals surface area contributed by atoms with Gasteiger partial charge in [0.25, 0.3) is 0 Å². The molecule has 0 aromatic heterocycles. The van der Waals surface area contributed by atoms with Crippen molar-refractivity contribution in [2.45, 2.75) is 17.4 Å². The van der Waals surface area contributed by atoms with Crippen molar-refractivity contribution in [2.24, 2.45) is 0 Å². The first-order valence-corrected chi connectivity index (χ1v) is 6.22. The summed E-state index contributed by atoms with van der Waals surface area (Å²) >= 11 is 7.60. The second-order valence-corrected chi connectivity index (χ2v) is 5.06. The minimum absolute atomic E-state index is 0.326. The largest absolute Gasteiger partial charge is 0.465 e. The summed E-state index contributed by atoms with van der Waals surface area (Å²) in [4.78, 5) is 12.3. The number of carbonyl (C=O) groups excluding carboxylic acids is 1. The summed E-state index contributed by atoms with van der Waals surface area (Å²) in [6.07, 6.45) is 0.228. The van der Waals surface area contributed by atoms with Gasteiger partial charge in [0.05, 0.1) is 23.8 Å². The summed E-state index contributed by atoms with van der Waals surface area (Å²) in [6.45, 7) is 0. The van der Waals surface area contributed by atoms with Gasteiger partial charge >= 0.3 is 5.97 Å². The van der Waals surface area contributed by atoms with Crippen molar-refractivity contribution in [1.82, 2.24) is 0 Å². The lowest BCUT2D eigenvalue weighted by Crippen LogP contribution is -2.09. The highest BCUT2D eigenvalue weighted by atomic mass is 35.5. The fraction of sp³-hybridized carbons (Fsp3) is 0.364. The van der Waals surface area contributed by atoms with Crippen LogP contribution >= 0.6 is 23.4 Å². The average molecular weight is 259 g/mol. The minimum atomic E-state index is -0.486. The van der Waals surface area contributed by atoms with Crippen molar-refractivity contribution in [3.63, 3.8) is 0 Å². The highest BCUT2D eigenvalue weighted by molar-refractivity contribution is 7.99. The van der Waals surface area contributed by atoms with Gasteiger partial charge in [-0.2, -0.15) is 0 Å². The Kier molecular flexibility index (Phi) is 3.42. The average Bonchev–Trinajstić information content (AvgIpc) is 2.29. The van der Waals surface area contributed by atoms with E-state index in [2.05, 4.69) is 4.74 Å². The van der Waals surface area contributed by atoms with E-state index in [0.717, 1.165) is 16.2 Å². The monoisotopic (exact) mass is 258 g/mol. The van der Waals surface area contributed by atoms with Crippen LogP contribution in [0, 0.1) is 0 Å². The molecule has 1 heterocycles. The van der Waals surface area contributed by atoms with Crippen molar-refractivity contribution >= 4 is 29.3 Å². The number of rotatable bonds is 1. The minimum Gasteiger partial charge on any atom is -0.465 e. The Bertz CT molecular complexity index is 433. The summed E-state index contributed by atoms with van der Waals surface area (Å²) in [6, 6.07) is 3.34. The number of thioether (sulfide) groups is 1. The van der Waals surface area contributed by atoms with Gasteiger partial charge in [0, 0.05) is 10.6 Å². The number of methoxy groups -OCH3 is 1. The summed E-state index contributed by atoms with van der Waals surface area (Å²) < 4.78 is 4.64. The number of carbonyl (C=O) groups is 1. The van der Waals surface area contributed by atoms with Crippen molar-refractivity contribution in [2.75, 3.05) is 12.9 Å². The molecule has 0 fully saturated rings. The van der Waals surface area contributed by atoms with Gasteiger partial charge < -0.3 is 9.84 Å². The number of hydrogen-bond acceptors (Lipinski definition) is 4. The maximum absolute atomic E-state index is 11.4. The van der Waals surface area contributed by atoms with E-state index in [9.17, 15) is 9.90 Å². The molecule has 0 aliphatic carbocycles. The topological polar surface area (TPSA) is 46.5 Å². The Morgan fingerprint density at radius 2 is 2.38 bits per heavy atom. The summed E-state index contributed by atoms with van der Waals surface area (Å²) in [7, 11) is 1.32. The van der Waals surface area contributed by atoms with E-state index in [4.69, 9.17) is 11.6 Å². The fourth-order valence-electron chi connectivity index (χ4n) is 1.66. The van der Waals surface area contributed by atoms with Gasteiger partial charge in [-0.3, -0.25) is 0 Å². The quantitative estimate of drug-likeness (QED) is 0.787. The van der Waals surface area contributed by atoms with Gasteiger partial charge in [-0.15, -0.1) is 11.8 Å². The highest BCUT2D eigenvalue weighted by Gasteiger charge is 2.22. The van der Waals surface area contributed by atoms with E-state index in [1.807, 2.05) is 0 Å². The van der Waals surface area contributed by atoms with Crippen LogP contribution < -0.4 is 0 Å². The van der Waals surface area contributed by atoms with Crippen LogP contribution in [0.5, 0.6) is 0 Å². The first-order chi connectivity index (χ1) is 7.63. The molecule has 0 radical (unpaired) electrons. The van der Waals surface area contributed by atoms with Gasteiger partial charge in [0.2, 0.25) is 0 Å². The molecule has 0 saturated heterocycles. The van der Waals surface area contributed by atoms with Crippen LogP contribution in [-0.2, 0) is 4.74 Å². The number of ether oxygens (including phenoxy) is 1. The fourth-order valence-corrected chi connectivity index (χ4v) is 3.03. The van der Waals surface area contributed by atoms with Crippen molar-refractivity contribution in [3.8, 4) is 0 Å². The van der Waals surface area contributed by atoms with Crippen LogP contribution in [0.15, 0.2) is 17.0 Å². The van der Waals surface area contributed by atoms with Crippen LogP contribution in [0.1, 0.15) is 28.4 Å². The second-order valence-electron chi connectivity index (χ2n) is 3.51. The molecule has 1 aromatic rings. The Hall–Kier alpha value is -0.710. The summed E-state index contributed by atoms with van der Waals surface area (Å²) in [5.41, 5.74) is 1.15. The Balaban J connectivity index is 2.48. The Morgan fingerprint density at radius 1 is 1.62 bits per heavy atom. The highest BCUT2D eigenvalue weighted by Crippen LogP contribution is 2.39. The summed E-state index contributed by atoms with van der Waals surface area (Å²) in [5, 5.41) is 10.1. The molecule has 1 aliphatic rings. The number of esters is 1. The number of aliphatic hydroxyl groups excluding tert-OH is 1. The molecule has 1 unspecified atom stereocenters. The first-order valence-electron chi connectivity index (χ1n) is 4.86. The van der Waals surface area contributed by atoms with Crippen molar-refractivity contribution in [3.05, 3.63) is 28.3 Å². The van der Waals surface area contributed by atoms with Crippen molar-refractivity contribution < 1.29 is 14.6 Å². The smallest absolute Gasteiger partial charge is 0.339 e. The number of benzene rings is 1. The van der Waals surface area contributed by atoms with Gasteiger partial charge in [-0.25, -0.2) is 4.79 Å². The molecule has 0 spiro atoms. The number of aliphatic hydroxyl groups is 1. The van der Waals surface area contributed by atoms with E-state index in [0.29, 0.717) is 17.0 Å². The Morgan fingerprint density at radius 3 is 3.06 bits per heavy atom. The molecule has 1 aliphatic heterocycles. The molecule has 1 aromatic carbocycles. The molecule has 86 valence electrons. The molecule has 0 bridgehead atoms. The van der Waals surface area contributed by atoms with E-state index in [-0.39, 0.29) is 0 Å². The molecular weight excluding hydrogens is 248 g/mol. The van der Waals surface area contributed by atoms with E-state index >= 15 is 0 Å². The SMILES string of the molecule is COC(=O)c1cc2c(cc1Cl)C(O)CCS2. The number of fused-ring (bicyclic) bond motifs is 1. The normalized spacial score (nSPS) is 19.1. The van der Waals surface area contributed by atoms with Crippen LogP contribution in [-0.4, -0.2) is 23.9 Å². The molecule has 0 amide bonds. The maximum atomic E-state index is 11.4.